The molecule has 0 bridgehead atoms. The summed E-state index contributed by atoms with van der Waals surface area (Å²) >= 11 is 0. The number of nitrogens with zero attached hydrogens (tertiary/aromatic N) is 5. The second kappa shape index (κ2) is 10.3. The second-order valence-electron chi connectivity index (χ2n) is 10.7. The van der Waals surface area contributed by atoms with Crippen molar-refractivity contribution in [1.29, 1.82) is 0 Å². The fraction of sp³-hybridized carbons (Fsp3) is 0.600. The average Bonchev–Trinajstić information content (AvgIpc) is 3.58. The van der Waals surface area contributed by atoms with E-state index in [0.717, 1.165) is 25.9 Å². The van der Waals surface area contributed by atoms with Crippen LogP contribution in [0.25, 0.3) is 11.2 Å². The highest BCUT2D eigenvalue weighted by atomic mass is 16.6. The molecule has 0 unspecified atom stereocenters. The first kappa shape index (κ1) is 26.0. The van der Waals surface area contributed by atoms with Crippen LogP contribution in [0.15, 0.2) is 23.2 Å². The van der Waals surface area contributed by atoms with Crippen LogP contribution >= 0.6 is 0 Å². The monoisotopic (exact) mass is 527 g/mol. The van der Waals surface area contributed by atoms with Gasteiger partial charge in [0, 0.05) is 31.4 Å². The summed E-state index contributed by atoms with van der Waals surface area (Å²) in [5.41, 5.74) is 1.47. The Hall–Kier alpha value is -3.58. The molecular weight excluding hydrogens is 494 g/mol. The first-order valence-corrected chi connectivity index (χ1v) is 12.7. The number of rotatable bonds is 6. The predicted molar refractivity (Wildman–Crippen MR) is 134 cm³/mol. The van der Waals surface area contributed by atoms with E-state index in [-0.39, 0.29) is 11.5 Å². The van der Waals surface area contributed by atoms with Crippen molar-refractivity contribution in [3.05, 3.63) is 30.2 Å². The van der Waals surface area contributed by atoms with Gasteiger partial charge in [0.15, 0.2) is 47.3 Å². The van der Waals surface area contributed by atoms with Crippen molar-refractivity contribution in [2.24, 2.45) is 0 Å². The lowest BCUT2D eigenvalue weighted by atomic mass is 9.92. The highest BCUT2D eigenvalue weighted by molar-refractivity contribution is 5.83. The number of hydrogen-bond donors (Lipinski definition) is 2. The van der Waals surface area contributed by atoms with E-state index in [2.05, 4.69) is 30.7 Å². The van der Waals surface area contributed by atoms with Crippen molar-refractivity contribution in [3.63, 3.8) is 0 Å². The standard InChI is InChI=1S/C25H33N7O6/c1-13(33)35-20-19(16-10-17(31-38-16)25(3,4)5)37-24(21(20)36-14(2)34)32-12-29-18-22(27-11-28-23(18)32)30-15-6-8-26-9-7-15/h10-12,15,19-21,24,26H,6-9H2,1-5H3,(H,27,28,30)/t19-,20+,21-,24-/m1/s1. The summed E-state index contributed by atoms with van der Waals surface area (Å²) in [6.07, 6.45) is 1.14. The van der Waals surface area contributed by atoms with Crippen LogP contribution in [0.4, 0.5) is 5.82 Å². The van der Waals surface area contributed by atoms with Crippen molar-refractivity contribution < 1.29 is 28.3 Å². The topological polar surface area (TPSA) is 156 Å². The van der Waals surface area contributed by atoms with E-state index in [9.17, 15) is 9.59 Å². The van der Waals surface area contributed by atoms with Gasteiger partial charge in [-0.05, 0) is 25.9 Å². The minimum atomic E-state index is -1.00. The van der Waals surface area contributed by atoms with Crippen molar-refractivity contribution in [2.75, 3.05) is 18.4 Å². The first-order valence-electron chi connectivity index (χ1n) is 12.7. The molecule has 0 aromatic carbocycles. The van der Waals surface area contributed by atoms with Gasteiger partial charge in [-0.15, -0.1) is 0 Å². The van der Waals surface area contributed by atoms with Crippen LogP contribution in [0.1, 0.15) is 71.2 Å². The molecule has 5 heterocycles. The Morgan fingerprint density at radius 1 is 1.08 bits per heavy atom. The molecule has 0 aliphatic carbocycles. The van der Waals surface area contributed by atoms with Crippen LogP contribution in [0.3, 0.4) is 0 Å². The van der Waals surface area contributed by atoms with E-state index in [0.29, 0.717) is 28.4 Å². The minimum Gasteiger partial charge on any atom is -0.455 e. The molecule has 3 aromatic heterocycles. The Bertz CT molecular complexity index is 1310. The van der Waals surface area contributed by atoms with Crippen LogP contribution in [0.2, 0.25) is 0 Å². The third-order valence-electron chi connectivity index (χ3n) is 6.68. The fourth-order valence-electron chi connectivity index (χ4n) is 4.81. The zero-order chi connectivity index (χ0) is 27.0. The van der Waals surface area contributed by atoms with Gasteiger partial charge in [-0.1, -0.05) is 25.9 Å². The Morgan fingerprint density at radius 3 is 2.45 bits per heavy atom. The number of esters is 2. The van der Waals surface area contributed by atoms with Crippen molar-refractivity contribution in [2.45, 2.75) is 83.5 Å². The second-order valence-corrected chi connectivity index (χ2v) is 10.7. The molecule has 0 amide bonds. The summed E-state index contributed by atoms with van der Waals surface area (Å²) in [5.74, 6) is -0.140. The molecule has 38 heavy (non-hydrogen) atoms. The molecule has 2 aliphatic heterocycles. The van der Waals surface area contributed by atoms with Crippen LogP contribution in [0.5, 0.6) is 0 Å². The number of piperidine rings is 1. The van der Waals surface area contributed by atoms with Gasteiger partial charge in [0.1, 0.15) is 6.33 Å². The number of hydrogen-bond acceptors (Lipinski definition) is 12. The number of carbonyl (C=O) groups excluding carboxylic acids is 2. The van der Waals surface area contributed by atoms with Crippen LogP contribution in [0, 0.1) is 0 Å². The lowest BCUT2D eigenvalue weighted by Crippen LogP contribution is -2.36. The summed E-state index contributed by atoms with van der Waals surface area (Å²) in [7, 11) is 0. The van der Waals surface area contributed by atoms with Crippen LogP contribution in [-0.4, -0.2) is 68.0 Å². The normalized spacial score (nSPS) is 24.4. The molecule has 204 valence electrons. The number of carbonyl (C=O) groups is 2. The third kappa shape index (κ3) is 5.20. The highest BCUT2D eigenvalue weighted by Crippen LogP contribution is 2.44. The predicted octanol–water partition coefficient (Wildman–Crippen LogP) is 2.41. The number of ether oxygens (including phenoxy) is 3. The maximum Gasteiger partial charge on any atom is 0.303 e. The molecular formula is C25H33N7O6. The molecule has 0 radical (unpaired) electrons. The quantitative estimate of drug-likeness (QED) is 0.452. The molecule has 0 spiro atoms. The van der Waals surface area contributed by atoms with Crippen molar-refractivity contribution >= 4 is 28.9 Å². The number of imidazole rings is 1. The van der Waals surface area contributed by atoms with Gasteiger partial charge >= 0.3 is 11.9 Å². The summed E-state index contributed by atoms with van der Waals surface area (Å²) < 4.78 is 25.0. The van der Waals surface area contributed by atoms with E-state index in [1.807, 2.05) is 20.8 Å². The Labute approximate surface area is 219 Å². The number of aromatic nitrogens is 5. The van der Waals surface area contributed by atoms with E-state index in [4.69, 9.17) is 18.7 Å². The van der Waals surface area contributed by atoms with E-state index >= 15 is 0 Å². The van der Waals surface area contributed by atoms with Gasteiger partial charge in [0.05, 0.1) is 12.0 Å². The Kier molecular flexibility index (Phi) is 7.05. The van der Waals surface area contributed by atoms with Crippen molar-refractivity contribution in [3.8, 4) is 0 Å². The molecule has 4 atom stereocenters. The van der Waals surface area contributed by atoms with E-state index in [1.165, 1.54) is 20.2 Å². The van der Waals surface area contributed by atoms with Crippen LogP contribution in [-0.2, 0) is 29.2 Å². The number of nitrogens with one attached hydrogen (secondary N) is 2. The lowest BCUT2D eigenvalue weighted by molar-refractivity contribution is -0.165. The maximum atomic E-state index is 12.1. The number of anilines is 1. The van der Waals surface area contributed by atoms with Crippen molar-refractivity contribution in [1.82, 2.24) is 30.0 Å². The Balaban J connectivity index is 1.52. The fourth-order valence-corrected chi connectivity index (χ4v) is 4.81. The van der Waals surface area contributed by atoms with Gasteiger partial charge in [-0.25, -0.2) is 15.0 Å². The highest BCUT2D eigenvalue weighted by Gasteiger charge is 2.53. The van der Waals surface area contributed by atoms with Gasteiger partial charge in [-0.3, -0.25) is 14.2 Å². The first-order chi connectivity index (χ1) is 18.1. The lowest BCUT2D eigenvalue weighted by Gasteiger charge is -2.24. The van der Waals surface area contributed by atoms with E-state index < -0.39 is 36.5 Å². The van der Waals surface area contributed by atoms with Gasteiger partial charge < -0.3 is 29.4 Å². The largest absolute Gasteiger partial charge is 0.455 e. The third-order valence-corrected chi connectivity index (χ3v) is 6.68. The van der Waals surface area contributed by atoms with Gasteiger partial charge in [0.2, 0.25) is 0 Å². The van der Waals surface area contributed by atoms with E-state index in [1.54, 1.807) is 17.0 Å². The molecule has 13 nitrogen and oxygen atoms in total. The van der Waals surface area contributed by atoms with Crippen LogP contribution < -0.4 is 10.6 Å². The summed E-state index contributed by atoms with van der Waals surface area (Å²) in [6.45, 7) is 10.4. The summed E-state index contributed by atoms with van der Waals surface area (Å²) in [5, 5.41) is 11.0. The zero-order valence-electron chi connectivity index (χ0n) is 22.1. The molecule has 0 saturated carbocycles. The Morgan fingerprint density at radius 2 is 1.79 bits per heavy atom. The summed E-state index contributed by atoms with van der Waals surface area (Å²) in [4.78, 5) is 37.7. The molecule has 2 saturated heterocycles. The number of fused-ring (bicyclic) bond motifs is 1. The molecule has 13 heteroatoms. The average molecular weight is 528 g/mol. The molecule has 5 rings (SSSR count). The summed E-state index contributed by atoms with van der Waals surface area (Å²) in [6, 6.07) is 2.03. The molecule has 2 N–H and O–H groups in total. The maximum absolute atomic E-state index is 12.1. The molecule has 3 aromatic rings. The smallest absolute Gasteiger partial charge is 0.303 e. The molecule has 2 aliphatic rings. The van der Waals surface area contributed by atoms with Gasteiger partial charge in [0.25, 0.3) is 0 Å². The SMILES string of the molecule is CC(=O)O[C@@H]1[C@@H](OC(C)=O)[C@H](n2cnc3c(NC4CCNCC4)ncnc32)O[C@@H]1c1cc(C(C)(C)C)no1. The zero-order valence-corrected chi connectivity index (χ0v) is 22.1. The minimum absolute atomic E-state index is 0.261. The van der Waals surface area contributed by atoms with Gasteiger partial charge in [-0.2, -0.15) is 0 Å². The molecule has 2 fully saturated rings.